The average molecular weight is 354 g/mol. The van der Waals surface area contributed by atoms with Crippen LogP contribution in [0.2, 0.25) is 0 Å². The largest absolute Gasteiger partial charge is 0.481 e. The third-order valence-electron chi connectivity index (χ3n) is 4.31. The van der Waals surface area contributed by atoms with Crippen molar-refractivity contribution in [1.29, 1.82) is 0 Å². The van der Waals surface area contributed by atoms with Gasteiger partial charge in [-0.1, -0.05) is 15.9 Å². The minimum atomic E-state index is -0.949. The maximum atomic E-state index is 12.5. The summed E-state index contributed by atoms with van der Waals surface area (Å²) in [6.07, 6.45) is 0.885. The Morgan fingerprint density at radius 1 is 1.29 bits per heavy atom. The number of carboxylic acids is 1. The van der Waals surface area contributed by atoms with E-state index in [-0.39, 0.29) is 18.1 Å². The van der Waals surface area contributed by atoms with Gasteiger partial charge in [0.05, 0.1) is 24.0 Å². The van der Waals surface area contributed by atoms with E-state index in [1.807, 2.05) is 19.1 Å². The van der Waals surface area contributed by atoms with Gasteiger partial charge in [0.25, 0.3) is 0 Å². The number of aliphatic carboxylic acids is 1. The van der Waals surface area contributed by atoms with Gasteiger partial charge in [0.2, 0.25) is 5.91 Å². The monoisotopic (exact) mass is 353 g/mol. The van der Waals surface area contributed by atoms with Crippen LogP contribution >= 0.6 is 15.9 Å². The highest BCUT2D eigenvalue weighted by Crippen LogP contribution is 2.44. The van der Waals surface area contributed by atoms with E-state index in [2.05, 4.69) is 21.2 Å². The maximum absolute atomic E-state index is 12.5. The second kappa shape index (κ2) is 5.42. The van der Waals surface area contributed by atoms with Crippen molar-refractivity contribution >= 4 is 33.5 Å². The number of carbonyl (C=O) groups is 2. The van der Waals surface area contributed by atoms with E-state index in [9.17, 15) is 14.7 Å². The topological polar surface area (TPSA) is 75.6 Å². The van der Waals surface area contributed by atoms with Gasteiger partial charge in [0.1, 0.15) is 0 Å². The molecule has 6 heteroatoms. The first-order valence-corrected chi connectivity index (χ1v) is 7.72. The molecule has 2 heterocycles. The standard InChI is InChI=1S/C15H16BrNO4/c1-7-6-8(16)2-3-9(7)17-14(18)12-10-4-5-11(21-10)13(12)15(19)20/h2-3,6,10-13H,4-5H2,1H3,(H,17,18)(H,19,20)/t10-,11+,12+,13+/m1/s1. The summed E-state index contributed by atoms with van der Waals surface area (Å²) in [5.74, 6) is -2.56. The van der Waals surface area contributed by atoms with Gasteiger partial charge in [-0.3, -0.25) is 9.59 Å². The van der Waals surface area contributed by atoms with Crippen LogP contribution in [0, 0.1) is 18.8 Å². The summed E-state index contributed by atoms with van der Waals surface area (Å²) in [7, 11) is 0. The van der Waals surface area contributed by atoms with E-state index in [4.69, 9.17) is 4.74 Å². The van der Waals surface area contributed by atoms with E-state index in [1.54, 1.807) is 6.07 Å². The van der Waals surface area contributed by atoms with Crippen molar-refractivity contribution in [1.82, 2.24) is 0 Å². The third kappa shape index (κ3) is 2.58. The zero-order chi connectivity index (χ0) is 15.1. The summed E-state index contributed by atoms with van der Waals surface area (Å²) in [6.45, 7) is 1.90. The molecule has 4 atom stereocenters. The molecule has 1 amide bonds. The second-order valence-corrected chi connectivity index (χ2v) is 6.54. The van der Waals surface area contributed by atoms with Crippen molar-refractivity contribution < 1.29 is 19.4 Å². The molecule has 2 saturated heterocycles. The number of ether oxygens (including phenoxy) is 1. The van der Waals surface area contributed by atoms with E-state index in [0.717, 1.165) is 22.9 Å². The number of carbonyl (C=O) groups excluding carboxylic acids is 1. The summed E-state index contributed by atoms with van der Waals surface area (Å²) in [4.78, 5) is 23.9. The van der Waals surface area contributed by atoms with Crippen molar-refractivity contribution in [2.24, 2.45) is 11.8 Å². The van der Waals surface area contributed by atoms with Crippen molar-refractivity contribution in [3.8, 4) is 0 Å². The molecule has 1 aromatic carbocycles. The lowest BCUT2D eigenvalue weighted by Crippen LogP contribution is -2.41. The average Bonchev–Trinajstić information content (AvgIpc) is 3.02. The Morgan fingerprint density at radius 3 is 2.57 bits per heavy atom. The Morgan fingerprint density at radius 2 is 1.95 bits per heavy atom. The summed E-state index contributed by atoms with van der Waals surface area (Å²) in [6, 6.07) is 5.55. The second-order valence-electron chi connectivity index (χ2n) is 5.63. The highest BCUT2D eigenvalue weighted by Gasteiger charge is 2.55. The molecule has 21 heavy (non-hydrogen) atoms. The number of anilines is 1. The molecule has 0 unspecified atom stereocenters. The molecule has 2 fully saturated rings. The minimum absolute atomic E-state index is 0.264. The first-order valence-electron chi connectivity index (χ1n) is 6.92. The number of fused-ring (bicyclic) bond motifs is 2. The zero-order valence-corrected chi connectivity index (χ0v) is 13.1. The third-order valence-corrected chi connectivity index (χ3v) is 4.80. The first kappa shape index (κ1) is 14.5. The molecule has 5 nitrogen and oxygen atoms in total. The quantitative estimate of drug-likeness (QED) is 0.875. The van der Waals surface area contributed by atoms with Gasteiger partial charge >= 0.3 is 5.97 Å². The molecule has 2 N–H and O–H groups in total. The van der Waals surface area contributed by atoms with Crippen LogP contribution in [-0.4, -0.2) is 29.2 Å². The van der Waals surface area contributed by atoms with Gasteiger partial charge in [-0.15, -0.1) is 0 Å². The lowest BCUT2D eigenvalue weighted by atomic mass is 9.78. The van der Waals surface area contributed by atoms with E-state index >= 15 is 0 Å². The Labute approximate surface area is 130 Å². The molecule has 2 aliphatic heterocycles. The number of hydrogen-bond donors (Lipinski definition) is 2. The minimum Gasteiger partial charge on any atom is -0.481 e. The number of benzene rings is 1. The molecule has 0 saturated carbocycles. The van der Waals surface area contributed by atoms with Crippen LogP contribution < -0.4 is 5.32 Å². The summed E-state index contributed by atoms with van der Waals surface area (Å²) < 4.78 is 6.55. The Kier molecular flexibility index (Phi) is 3.75. The Bertz CT molecular complexity index is 603. The fourth-order valence-electron chi connectivity index (χ4n) is 3.31. The van der Waals surface area contributed by atoms with Gasteiger partial charge in [0, 0.05) is 10.2 Å². The SMILES string of the molecule is Cc1cc(Br)ccc1NC(=O)[C@@H]1[C@@H](C(=O)O)[C@@H]2CC[C@H]1O2. The number of halogens is 1. The molecule has 3 rings (SSSR count). The summed E-state index contributed by atoms with van der Waals surface area (Å²) in [5.41, 5.74) is 1.63. The highest BCUT2D eigenvalue weighted by molar-refractivity contribution is 9.10. The highest BCUT2D eigenvalue weighted by atomic mass is 79.9. The van der Waals surface area contributed by atoms with Gasteiger partial charge in [-0.2, -0.15) is 0 Å². The molecule has 1 aromatic rings. The van der Waals surface area contributed by atoms with Crippen LogP contribution in [0.3, 0.4) is 0 Å². The fraction of sp³-hybridized carbons (Fsp3) is 0.467. The summed E-state index contributed by atoms with van der Waals surface area (Å²) >= 11 is 3.37. The number of amides is 1. The Balaban J connectivity index is 1.80. The first-order chi connectivity index (χ1) is 9.97. The molecule has 0 aliphatic carbocycles. The number of aryl methyl sites for hydroxylation is 1. The van der Waals surface area contributed by atoms with Gasteiger partial charge in [0.15, 0.2) is 0 Å². The van der Waals surface area contributed by atoms with Gasteiger partial charge < -0.3 is 15.2 Å². The van der Waals surface area contributed by atoms with Crippen molar-refractivity contribution in [2.75, 3.05) is 5.32 Å². The molecular weight excluding hydrogens is 338 g/mol. The summed E-state index contributed by atoms with van der Waals surface area (Å²) in [5, 5.41) is 12.2. The van der Waals surface area contributed by atoms with Crippen LogP contribution in [0.5, 0.6) is 0 Å². The fourth-order valence-corrected chi connectivity index (χ4v) is 3.78. The number of hydrogen-bond acceptors (Lipinski definition) is 3. The van der Waals surface area contributed by atoms with E-state index < -0.39 is 17.8 Å². The lowest BCUT2D eigenvalue weighted by Gasteiger charge is -2.24. The van der Waals surface area contributed by atoms with E-state index in [1.165, 1.54) is 0 Å². The number of rotatable bonds is 3. The number of carboxylic acid groups (broad SMARTS) is 1. The van der Waals surface area contributed by atoms with Gasteiger partial charge in [-0.25, -0.2) is 0 Å². The van der Waals surface area contributed by atoms with Gasteiger partial charge in [-0.05, 0) is 43.5 Å². The lowest BCUT2D eigenvalue weighted by molar-refractivity contribution is -0.147. The molecule has 2 aliphatic rings. The molecule has 112 valence electrons. The van der Waals surface area contributed by atoms with E-state index in [0.29, 0.717) is 5.69 Å². The smallest absolute Gasteiger partial charge is 0.310 e. The molecule has 2 bridgehead atoms. The maximum Gasteiger partial charge on any atom is 0.310 e. The molecular formula is C15H16BrNO4. The van der Waals surface area contributed by atoms with Crippen LogP contribution in [0.15, 0.2) is 22.7 Å². The van der Waals surface area contributed by atoms with Crippen molar-refractivity contribution in [3.63, 3.8) is 0 Å². The predicted molar refractivity (Wildman–Crippen MR) is 80.0 cm³/mol. The molecule has 0 aromatic heterocycles. The van der Waals surface area contributed by atoms with Crippen LogP contribution in [0.4, 0.5) is 5.69 Å². The molecule has 0 spiro atoms. The Hall–Kier alpha value is -1.40. The van der Waals surface area contributed by atoms with Crippen LogP contribution in [-0.2, 0) is 14.3 Å². The number of nitrogens with one attached hydrogen (secondary N) is 1. The molecule has 0 radical (unpaired) electrons. The van der Waals surface area contributed by atoms with Crippen molar-refractivity contribution in [2.45, 2.75) is 32.0 Å². The predicted octanol–water partition coefficient (Wildman–Crippen LogP) is 2.57. The zero-order valence-electron chi connectivity index (χ0n) is 11.5. The van der Waals surface area contributed by atoms with Crippen LogP contribution in [0.25, 0.3) is 0 Å². The normalized spacial score (nSPS) is 30.4. The van der Waals surface area contributed by atoms with Crippen molar-refractivity contribution in [3.05, 3.63) is 28.2 Å². The van der Waals surface area contributed by atoms with Crippen LogP contribution in [0.1, 0.15) is 18.4 Å².